The van der Waals surface area contributed by atoms with E-state index in [9.17, 15) is 18.0 Å². The van der Waals surface area contributed by atoms with E-state index in [2.05, 4.69) is 15.0 Å². The van der Waals surface area contributed by atoms with Crippen molar-refractivity contribution in [3.63, 3.8) is 0 Å². The smallest absolute Gasteiger partial charge is 0.340 e. The maximum absolute atomic E-state index is 13.5. The van der Waals surface area contributed by atoms with E-state index < -0.39 is 12.0 Å². The molecular formula is C21H20F3N5O. The Morgan fingerprint density at radius 1 is 1.20 bits per heavy atom. The van der Waals surface area contributed by atoms with E-state index in [-0.39, 0.29) is 29.8 Å². The molecular weight excluding hydrogens is 395 g/mol. The number of benzene rings is 1. The molecule has 1 amide bonds. The number of carbonyl (C=O) groups excluding carboxylic acids is 1. The summed E-state index contributed by atoms with van der Waals surface area (Å²) in [5, 5.41) is 0. The van der Waals surface area contributed by atoms with Gasteiger partial charge >= 0.3 is 6.18 Å². The highest BCUT2D eigenvalue weighted by Crippen LogP contribution is 2.40. The number of para-hydroxylation sites is 2. The minimum absolute atomic E-state index is 0.112. The number of alkyl halides is 3. The second kappa shape index (κ2) is 6.78. The van der Waals surface area contributed by atoms with Gasteiger partial charge in [-0.2, -0.15) is 13.2 Å². The van der Waals surface area contributed by atoms with Gasteiger partial charge in [0.15, 0.2) is 0 Å². The number of rotatable bonds is 2. The molecule has 0 bridgehead atoms. The molecule has 1 aromatic carbocycles. The zero-order valence-electron chi connectivity index (χ0n) is 16.4. The summed E-state index contributed by atoms with van der Waals surface area (Å²) in [6, 6.07) is 6.36. The number of imidazole rings is 1. The van der Waals surface area contributed by atoms with Crippen molar-refractivity contribution in [3.05, 3.63) is 53.4 Å². The maximum Gasteiger partial charge on any atom is 0.449 e. The largest absolute Gasteiger partial charge is 0.449 e. The predicted octanol–water partition coefficient (Wildman–Crippen LogP) is 3.34. The lowest BCUT2D eigenvalue weighted by Gasteiger charge is -2.25. The standard InChI is InChI=1S/C21H20F3N5O/c1-12-25-8-13-6-7-14-9-28(10-15(14)19(13)26-12)18(30)11-29-17-5-3-2-4-16(17)27-20(29)21(22,23)24/h2-5,8,14-15H,6-7,9-11H2,1H3/t14-,15+/m1/s1. The van der Waals surface area contributed by atoms with Crippen molar-refractivity contribution >= 4 is 16.9 Å². The fraction of sp³-hybridized carbons (Fsp3) is 0.429. The molecule has 0 unspecified atom stereocenters. The van der Waals surface area contributed by atoms with E-state index in [1.54, 1.807) is 23.1 Å². The number of aryl methyl sites for hydroxylation is 2. The molecule has 30 heavy (non-hydrogen) atoms. The fourth-order valence-corrected chi connectivity index (χ4v) is 4.73. The Bertz CT molecular complexity index is 1140. The first-order chi connectivity index (χ1) is 14.3. The number of hydrogen-bond donors (Lipinski definition) is 0. The van der Waals surface area contributed by atoms with Crippen LogP contribution < -0.4 is 0 Å². The molecule has 1 aliphatic carbocycles. The molecule has 5 rings (SSSR count). The van der Waals surface area contributed by atoms with E-state index in [0.29, 0.717) is 24.4 Å². The number of halogens is 3. The van der Waals surface area contributed by atoms with Crippen LogP contribution in [0.4, 0.5) is 13.2 Å². The predicted molar refractivity (Wildman–Crippen MR) is 103 cm³/mol. The molecule has 2 aliphatic rings. The van der Waals surface area contributed by atoms with Gasteiger partial charge < -0.3 is 9.47 Å². The third-order valence-corrected chi connectivity index (χ3v) is 6.15. The highest BCUT2D eigenvalue weighted by molar-refractivity contribution is 5.81. The first kappa shape index (κ1) is 19.0. The van der Waals surface area contributed by atoms with Crippen molar-refractivity contribution in [2.24, 2.45) is 5.92 Å². The molecule has 2 atom stereocenters. The number of fused-ring (bicyclic) bond motifs is 4. The second-order valence-corrected chi connectivity index (χ2v) is 8.04. The summed E-state index contributed by atoms with van der Waals surface area (Å²) >= 11 is 0. The lowest BCUT2D eigenvalue weighted by Crippen LogP contribution is -2.33. The van der Waals surface area contributed by atoms with Gasteiger partial charge in [0.05, 0.1) is 16.7 Å². The molecule has 9 heteroatoms. The molecule has 0 radical (unpaired) electrons. The Balaban J connectivity index is 1.42. The first-order valence-corrected chi connectivity index (χ1v) is 9.94. The summed E-state index contributed by atoms with van der Waals surface area (Å²) in [6.07, 6.45) is -0.990. The van der Waals surface area contributed by atoms with Gasteiger partial charge in [-0.05, 0) is 43.4 Å². The topological polar surface area (TPSA) is 63.9 Å². The van der Waals surface area contributed by atoms with Crippen LogP contribution in [0, 0.1) is 12.8 Å². The van der Waals surface area contributed by atoms with Crippen LogP contribution in [0.25, 0.3) is 11.0 Å². The van der Waals surface area contributed by atoms with Crippen LogP contribution in [-0.2, 0) is 23.9 Å². The molecule has 0 spiro atoms. The van der Waals surface area contributed by atoms with Crippen molar-refractivity contribution < 1.29 is 18.0 Å². The summed E-state index contributed by atoms with van der Waals surface area (Å²) in [6.45, 7) is 2.47. The Morgan fingerprint density at radius 3 is 2.80 bits per heavy atom. The van der Waals surface area contributed by atoms with Crippen LogP contribution in [0.15, 0.2) is 30.5 Å². The molecule has 2 aromatic heterocycles. The number of hydrogen-bond acceptors (Lipinski definition) is 4. The maximum atomic E-state index is 13.5. The summed E-state index contributed by atoms with van der Waals surface area (Å²) in [5.41, 5.74) is 2.63. The van der Waals surface area contributed by atoms with Crippen LogP contribution in [0.3, 0.4) is 0 Å². The van der Waals surface area contributed by atoms with Crippen molar-refractivity contribution in [1.82, 2.24) is 24.4 Å². The average Bonchev–Trinajstić information content (AvgIpc) is 3.30. The van der Waals surface area contributed by atoms with Crippen LogP contribution in [0.2, 0.25) is 0 Å². The SMILES string of the molecule is Cc1ncc2c(n1)[C@H]1CN(C(=O)Cn3c(C(F)(F)F)nc4ccccc43)C[C@H]1CC2. The van der Waals surface area contributed by atoms with E-state index in [0.717, 1.165) is 28.7 Å². The summed E-state index contributed by atoms with van der Waals surface area (Å²) in [4.78, 5) is 27.3. The van der Waals surface area contributed by atoms with Crippen LogP contribution >= 0.6 is 0 Å². The lowest BCUT2D eigenvalue weighted by atomic mass is 9.80. The van der Waals surface area contributed by atoms with E-state index in [4.69, 9.17) is 0 Å². The lowest BCUT2D eigenvalue weighted by molar-refractivity contribution is -0.148. The van der Waals surface area contributed by atoms with Crippen LogP contribution in [0.1, 0.15) is 35.2 Å². The van der Waals surface area contributed by atoms with Gasteiger partial charge in [0.2, 0.25) is 11.7 Å². The summed E-state index contributed by atoms with van der Waals surface area (Å²) in [7, 11) is 0. The van der Waals surface area contributed by atoms with E-state index >= 15 is 0 Å². The molecule has 6 nitrogen and oxygen atoms in total. The fourth-order valence-electron chi connectivity index (χ4n) is 4.73. The number of nitrogens with zero attached hydrogens (tertiary/aromatic N) is 5. The number of aromatic nitrogens is 4. The zero-order chi connectivity index (χ0) is 21.0. The van der Waals surface area contributed by atoms with Crippen molar-refractivity contribution in [3.8, 4) is 0 Å². The van der Waals surface area contributed by atoms with Crippen LogP contribution in [0.5, 0.6) is 0 Å². The summed E-state index contributed by atoms with van der Waals surface area (Å²) in [5.74, 6) is -0.287. The van der Waals surface area contributed by atoms with E-state index in [1.807, 2.05) is 13.1 Å². The van der Waals surface area contributed by atoms with Gasteiger partial charge in [-0.3, -0.25) is 4.79 Å². The van der Waals surface area contributed by atoms with Gasteiger partial charge in [-0.25, -0.2) is 15.0 Å². The Hall–Kier alpha value is -2.97. The minimum atomic E-state index is -4.63. The minimum Gasteiger partial charge on any atom is -0.340 e. The average molecular weight is 415 g/mol. The Kier molecular flexibility index (Phi) is 4.30. The highest BCUT2D eigenvalue weighted by Gasteiger charge is 2.42. The van der Waals surface area contributed by atoms with Crippen molar-refractivity contribution in [2.45, 2.75) is 38.4 Å². The van der Waals surface area contributed by atoms with E-state index in [1.165, 1.54) is 6.07 Å². The molecule has 1 saturated heterocycles. The third-order valence-electron chi connectivity index (χ3n) is 6.15. The van der Waals surface area contributed by atoms with Crippen molar-refractivity contribution in [1.29, 1.82) is 0 Å². The molecule has 0 saturated carbocycles. The molecule has 156 valence electrons. The van der Waals surface area contributed by atoms with Gasteiger partial charge in [0.1, 0.15) is 12.4 Å². The number of likely N-dealkylation sites (tertiary alicyclic amines) is 1. The first-order valence-electron chi connectivity index (χ1n) is 9.94. The molecule has 0 N–H and O–H groups in total. The molecule has 3 heterocycles. The summed E-state index contributed by atoms with van der Waals surface area (Å²) < 4.78 is 41.6. The second-order valence-electron chi connectivity index (χ2n) is 8.04. The number of carbonyl (C=O) groups is 1. The molecule has 1 fully saturated rings. The van der Waals surface area contributed by atoms with Crippen molar-refractivity contribution in [2.75, 3.05) is 13.1 Å². The number of amides is 1. The highest BCUT2D eigenvalue weighted by atomic mass is 19.4. The van der Waals surface area contributed by atoms with Gasteiger partial charge in [0, 0.05) is 25.2 Å². The third kappa shape index (κ3) is 3.12. The molecule has 3 aromatic rings. The van der Waals surface area contributed by atoms with Gasteiger partial charge in [0.25, 0.3) is 0 Å². The Morgan fingerprint density at radius 2 is 2.00 bits per heavy atom. The van der Waals surface area contributed by atoms with Crippen LogP contribution in [-0.4, -0.2) is 43.4 Å². The molecule has 1 aliphatic heterocycles. The zero-order valence-corrected chi connectivity index (χ0v) is 16.4. The normalized spacial score (nSPS) is 21.0. The van der Waals surface area contributed by atoms with Gasteiger partial charge in [-0.1, -0.05) is 12.1 Å². The quantitative estimate of drug-likeness (QED) is 0.644. The Labute approximate surface area is 170 Å². The monoisotopic (exact) mass is 415 g/mol. The van der Waals surface area contributed by atoms with Gasteiger partial charge in [-0.15, -0.1) is 0 Å².